The van der Waals surface area contributed by atoms with Crippen LogP contribution in [0.1, 0.15) is 54.4 Å². The van der Waals surface area contributed by atoms with E-state index < -0.39 is 5.97 Å². The van der Waals surface area contributed by atoms with Gasteiger partial charge in [0.25, 0.3) is 0 Å². The number of aromatic amines is 1. The van der Waals surface area contributed by atoms with Gasteiger partial charge >= 0.3 is 11.9 Å². The van der Waals surface area contributed by atoms with Crippen molar-refractivity contribution in [3.63, 3.8) is 0 Å². The van der Waals surface area contributed by atoms with Crippen LogP contribution in [0.25, 0.3) is 11.3 Å². The number of hydrogen-bond acceptors (Lipinski definition) is 9. The van der Waals surface area contributed by atoms with Crippen molar-refractivity contribution >= 4 is 51.9 Å². The summed E-state index contributed by atoms with van der Waals surface area (Å²) >= 11 is 3.10. The molecule has 0 aliphatic rings. The summed E-state index contributed by atoms with van der Waals surface area (Å²) in [5.41, 5.74) is 9.89. The highest BCUT2D eigenvalue weighted by Crippen LogP contribution is 2.23. The van der Waals surface area contributed by atoms with Crippen molar-refractivity contribution in [1.82, 2.24) is 9.97 Å². The summed E-state index contributed by atoms with van der Waals surface area (Å²) in [5, 5.41) is 23.7. The molecule has 6 N–H and O–H groups in total. The van der Waals surface area contributed by atoms with E-state index in [9.17, 15) is 14.4 Å². The van der Waals surface area contributed by atoms with E-state index >= 15 is 0 Å². The number of halogens is 2. The molecule has 13 heteroatoms. The maximum atomic E-state index is 11.5. The van der Waals surface area contributed by atoms with Crippen molar-refractivity contribution in [1.29, 1.82) is 5.41 Å². The molecule has 0 amide bonds. The minimum atomic E-state index is -0.432. The first kappa shape index (κ1) is 37.4. The number of esters is 2. The van der Waals surface area contributed by atoms with E-state index in [1.54, 1.807) is 36.5 Å². The second kappa shape index (κ2) is 19.5. The predicted molar refractivity (Wildman–Crippen MR) is 162 cm³/mol. The van der Waals surface area contributed by atoms with Gasteiger partial charge in [-0.05, 0) is 49.2 Å². The van der Waals surface area contributed by atoms with E-state index in [4.69, 9.17) is 26.1 Å². The normalized spacial score (nSPS) is 9.63. The van der Waals surface area contributed by atoms with E-state index in [1.165, 1.54) is 14.2 Å². The highest BCUT2D eigenvalue weighted by atomic mass is 79.9. The third kappa shape index (κ3) is 12.2. The zero-order valence-corrected chi connectivity index (χ0v) is 25.7. The molecule has 0 aliphatic heterocycles. The molecule has 0 fully saturated rings. The van der Waals surface area contributed by atoms with Gasteiger partial charge in [0.15, 0.2) is 5.78 Å². The molecule has 11 nitrogen and oxygen atoms in total. The van der Waals surface area contributed by atoms with Gasteiger partial charge in [0.1, 0.15) is 5.82 Å². The summed E-state index contributed by atoms with van der Waals surface area (Å²) in [4.78, 5) is 41.6. The summed E-state index contributed by atoms with van der Waals surface area (Å²) in [5.74, 6) is -0.0777. The van der Waals surface area contributed by atoms with Crippen molar-refractivity contribution in [2.75, 3.05) is 32.8 Å². The monoisotopic (exact) mass is 654 g/mol. The number of methoxy groups -OCH3 is 2. The van der Waals surface area contributed by atoms with Crippen molar-refractivity contribution in [3.8, 4) is 11.3 Å². The molecule has 3 rings (SSSR count). The summed E-state index contributed by atoms with van der Waals surface area (Å²) in [6.07, 6.45) is 2.48. The number of hydrogen-bond donors (Lipinski definition) is 5. The predicted octanol–water partition coefficient (Wildman–Crippen LogP) is 3.79. The standard InChI is InChI=1S/C14H16N2O3.C11H11BrO3.C3H8N2O.ClH/c1-9-3-4-10(14(18)19-2)7-11(9)12-8-15-13(16-12)5-6-17;1-7-3-4-8(11(14)15-2)5-9(7)10(13)6-12;4-3(5)1-2-6;/h3-4,7-8,17H,5-6H2,1-2H3,(H,15,16);3-5H,6H2,1-2H3;6H,1-2H2,(H3,4,5);1H. The van der Waals surface area contributed by atoms with Crippen LogP contribution in [0.15, 0.2) is 42.6 Å². The van der Waals surface area contributed by atoms with Gasteiger partial charge in [-0.25, -0.2) is 14.6 Å². The molecule has 3 aromatic rings. The number of H-pyrrole nitrogens is 1. The zero-order valence-electron chi connectivity index (χ0n) is 23.3. The topological polar surface area (TPSA) is 189 Å². The number of rotatable bonds is 9. The van der Waals surface area contributed by atoms with Crippen LogP contribution in [-0.4, -0.2) is 76.5 Å². The zero-order chi connectivity index (χ0) is 30.2. The lowest BCUT2D eigenvalue weighted by Crippen LogP contribution is -2.10. The quantitative estimate of drug-likeness (QED) is 0.0751. The van der Waals surface area contributed by atoms with Crippen LogP contribution in [0.4, 0.5) is 0 Å². The first-order valence-electron chi connectivity index (χ1n) is 12.1. The number of imidazole rings is 1. The fourth-order valence-corrected chi connectivity index (χ4v) is 3.55. The van der Waals surface area contributed by atoms with Crippen LogP contribution in [0.5, 0.6) is 0 Å². The third-order valence-corrected chi connectivity index (χ3v) is 5.90. The average molecular weight is 656 g/mol. The summed E-state index contributed by atoms with van der Waals surface area (Å²) in [6, 6.07) is 10.3. The van der Waals surface area contributed by atoms with Gasteiger partial charge in [-0.15, -0.1) is 12.4 Å². The number of ketones is 1. The van der Waals surface area contributed by atoms with Gasteiger partial charge in [0, 0.05) is 24.0 Å². The van der Waals surface area contributed by atoms with Crippen LogP contribution in [0.3, 0.4) is 0 Å². The summed E-state index contributed by atoms with van der Waals surface area (Å²) in [7, 11) is 2.67. The Bertz CT molecular complexity index is 1310. The van der Waals surface area contributed by atoms with E-state index in [-0.39, 0.29) is 48.5 Å². The molecule has 2 aromatic carbocycles. The minimum Gasteiger partial charge on any atom is -0.465 e. The van der Waals surface area contributed by atoms with Crippen LogP contribution in [0.2, 0.25) is 0 Å². The van der Waals surface area contributed by atoms with Crippen LogP contribution in [0, 0.1) is 19.3 Å². The lowest BCUT2D eigenvalue weighted by Gasteiger charge is -2.06. The number of Topliss-reactive ketones (excluding diaryl/α,β-unsaturated/α-hetero) is 1. The molecule has 1 heterocycles. The molecule has 0 unspecified atom stereocenters. The fraction of sp³-hybridized carbons (Fsp3) is 0.321. The Morgan fingerprint density at radius 1 is 0.976 bits per heavy atom. The maximum Gasteiger partial charge on any atom is 0.337 e. The number of carbonyl (C=O) groups excluding carboxylic acids is 3. The molecule has 0 atom stereocenters. The van der Waals surface area contributed by atoms with E-state index in [1.807, 2.05) is 19.9 Å². The molecule has 0 saturated carbocycles. The van der Waals surface area contributed by atoms with Crippen molar-refractivity contribution in [2.24, 2.45) is 5.73 Å². The number of ether oxygens (including phenoxy) is 2. The average Bonchev–Trinajstić information content (AvgIpc) is 3.41. The first-order chi connectivity index (χ1) is 19.0. The van der Waals surface area contributed by atoms with Crippen LogP contribution >= 0.6 is 28.3 Å². The number of aliphatic hydroxyl groups excluding tert-OH is 2. The van der Waals surface area contributed by atoms with E-state index in [2.05, 4.69) is 30.6 Å². The van der Waals surface area contributed by atoms with Crippen molar-refractivity contribution in [3.05, 3.63) is 76.2 Å². The summed E-state index contributed by atoms with van der Waals surface area (Å²) < 4.78 is 9.30. The number of carbonyl (C=O) groups is 3. The Kier molecular flexibility index (Phi) is 17.8. The van der Waals surface area contributed by atoms with Crippen molar-refractivity contribution in [2.45, 2.75) is 26.7 Å². The highest BCUT2D eigenvalue weighted by molar-refractivity contribution is 9.09. The van der Waals surface area contributed by atoms with Gasteiger partial charge in [-0.2, -0.15) is 0 Å². The number of amidine groups is 1. The van der Waals surface area contributed by atoms with Gasteiger partial charge in [0.2, 0.25) is 0 Å². The van der Waals surface area contributed by atoms with Gasteiger partial charge in [0.05, 0.1) is 61.6 Å². The van der Waals surface area contributed by atoms with Gasteiger partial charge in [-0.3, -0.25) is 10.2 Å². The largest absolute Gasteiger partial charge is 0.465 e. The fourth-order valence-electron chi connectivity index (χ4n) is 3.25. The Morgan fingerprint density at radius 3 is 2.00 bits per heavy atom. The molecule has 0 aliphatic carbocycles. The smallest absolute Gasteiger partial charge is 0.337 e. The Morgan fingerprint density at radius 2 is 1.54 bits per heavy atom. The molecule has 0 bridgehead atoms. The molecular weight excluding hydrogens is 620 g/mol. The second-order valence-electron chi connectivity index (χ2n) is 8.32. The number of nitrogens with one attached hydrogen (secondary N) is 2. The molecule has 0 radical (unpaired) electrons. The van der Waals surface area contributed by atoms with E-state index in [0.717, 1.165) is 28.2 Å². The lowest BCUT2D eigenvalue weighted by molar-refractivity contribution is 0.0592. The summed E-state index contributed by atoms with van der Waals surface area (Å²) in [6.45, 7) is 3.82. The molecule has 1 aromatic heterocycles. The minimum absolute atomic E-state index is 0. The number of alkyl halides is 1. The SMILES string of the molecule is COC(=O)c1ccc(C)c(-c2cnc(CCO)[nH]2)c1.COC(=O)c1ccc(C)c(C(=O)CBr)c1.Cl.N=C(N)CCO. The highest BCUT2D eigenvalue weighted by Gasteiger charge is 2.13. The number of nitrogens with zero attached hydrogens (tertiary/aromatic N) is 1. The van der Waals surface area contributed by atoms with Crippen LogP contribution < -0.4 is 5.73 Å². The molecular formula is C28H36BrClN4O7. The number of aliphatic hydroxyl groups is 2. The molecule has 0 spiro atoms. The number of benzene rings is 2. The number of aryl methyl sites for hydroxylation is 2. The van der Waals surface area contributed by atoms with Gasteiger partial charge in [-0.1, -0.05) is 28.1 Å². The van der Waals surface area contributed by atoms with E-state index in [0.29, 0.717) is 29.5 Å². The number of aromatic nitrogens is 2. The Hall–Kier alpha value is -3.58. The van der Waals surface area contributed by atoms with Crippen molar-refractivity contribution < 1.29 is 34.1 Å². The lowest BCUT2D eigenvalue weighted by atomic mass is 10.0. The third-order valence-electron chi connectivity index (χ3n) is 5.39. The Balaban J connectivity index is 0.000000652. The van der Waals surface area contributed by atoms with Gasteiger partial charge < -0.3 is 30.4 Å². The number of nitrogens with two attached hydrogens (primary N) is 1. The first-order valence-corrected chi connectivity index (χ1v) is 13.2. The maximum absolute atomic E-state index is 11.5. The molecule has 0 saturated heterocycles. The Labute approximate surface area is 253 Å². The van der Waals surface area contributed by atoms with Crippen LogP contribution in [-0.2, 0) is 15.9 Å². The second-order valence-corrected chi connectivity index (χ2v) is 8.88. The molecule has 41 heavy (non-hydrogen) atoms. The molecule has 224 valence electrons.